The highest BCUT2D eigenvalue weighted by atomic mass is 79.9. The van der Waals surface area contributed by atoms with Crippen molar-refractivity contribution in [3.63, 3.8) is 0 Å². The third-order valence-corrected chi connectivity index (χ3v) is 5.54. The first-order valence-corrected chi connectivity index (χ1v) is 7.85. The molecule has 2 saturated heterocycles. The lowest BCUT2D eigenvalue weighted by Crippen LogP contribution is -2.35. The molecule has 2 rings (SSSR count). The van der Waals surface area contributed by atoms with E-state index >= 15 is 0 Å². The zero-order valence-corrected chi connectivity index (χ0v) is 10.8. The van der Waals surface area contributed by atoms with E-state index in [-0.39, 0.29) is 23.3 Å². The van der Waals surface area contributed by atoms with Crippen LogP contribution in [0.3, 0.4) is 0 Å². The Morgan fingerprint density at radius 1 is 1.33 bits per heavy atom. The average Bonchev–Trinajstić information content (AvgIpc) is 2.71. The SMILES string of the molecule is O=C(C1CCS(=O)(=O)C1)N1CCC(Br)C1. The lowest BCUT2D eigenvalue weighted by atomic mass is 10.1. The number of hydrogen-bond donors (Lipinski definition) is 0. The van der Waals surface area contributed by atoms with Crippen LogP contribution in [-0.2, 0) is 14.6 Å². The van der Waals surface area contributed by atoms with E-state index in [1.54, 1.807) is 4.90 Å². The number of carbonyl (C=O) groups excluding carboxylic acids is 1. The number of likely N-dealkylation sites (tertiary alicyclic amines) is 1. The van der Waals surface area contributed by atoms with Gasteiger partial charge in [-0.1, -0.05) is 15.9 Å². The number of amides is 1. The third-order valence-electron chi connectivity index (χ3n) is 3.02. The molecular formula is C9H14BrNO3S. The lowest BCUT2D eigenvalue weighted by molar-refractivity contribution is -0.133. The van der Waals surface area contributed by atoms with Gasteiger partial charge in [0.25, 0.3) is 0 Å². The number of alkyl halides is 1. The minimum Gasteiger partial charge on any atom is -0.341 e. The fourth-order valence-electron chi connectivity index (χ4n) is 2.17. The molecule has 2 unspecified atom stereocenters. The van der Waals surface area contributed by atoms with Crippen molar-refractivity contribution in [2.45, 2.75) is 17.7 Å². The van der Waals surface area contributed by atoms with Crippen LogP contribution in [0, 0.1) is 5.92 Å². The van der Waals surface area contributed by atoms with E-state index in [0.29, 0.717) is 11.2 Å². The van der Waals surface area contributed by atoms with Crippen LogP contribution in [0.2, 0.25) is 0 Å². The van der Waals surface area contributed by atoms with Gasteiger partial charge >= 0.3 is 0 Å². The molecule has 6 heteroatoms. The molecule has 2 atom stereocenters. The summed E-state index contributed by atoms with van der Waals surface area (Å²) in [4.78, 5) is 14.1. The molecule has 0 aromatic rings. The van der Waals surface area contributed by atoms with Crippen LogP contribution >= 0.6 is 15.9 Å². The molecule has 2 fully saturated rings. The van der Waals surface area contributed by atoms with Crippen LogP contribution in [0.15, 0.2) is 0 Å². The highest BCUT2D eigenvalue weighted by Gasteiger charge is 2.37. The second kappa shape index (κ2) is 4.05. The van der Waals surface area contributed by atoms with Gasteiger partial charge in [0, 0.05) is 17.9 Å². The maximum Gasteiger partial charge on any atom is 0.226 e. The predicted molar refractivity (Wildman–Crippen MR) is 60.7 cm³/mol. The van der Waals surface area contributed by atoms with Crippen molar-refractivity contribution in [2.24, 2.45) is 5.92 Å². The van der Waals surface area contributed by atoms with Crippen molar-refractivity contribution in [3.05, 3.63) is 0 Å². The summed E-state index contributed by atoms with van der Waals surface area (Å²) in [6, 6.07) is 0. The van der Waals surface area contributed by atoms with Crippen molar-refractivity contribution in [3.8, 4) is 0 Å². The fourth-order valence-corrected chi connectivity index (χ4v) is 4.45. The maximum absolute atomic E-state index is 11.9. The van der Waals surface area contributed by atoms with Gasteiger partial charge < -0.3 is 4.90 Å². The van der Waals surface area contributed by atoms with Crippen LogP contribution < -0.4 is 0 Å². The van der Waals surface area contributed by atoms with E-state index in [2.05, 4.69) is 15.9 Å². The second-order valence-electron chi connectivity index (χ2n) is 4.27. The first-order chi connectivity index (χ1) is 6.98. The standard InChI is InChI=1S/C9H14BrNO3S/c10-8-1-3-11(5-8)9(12)7-2-4-15(13,14)6-7/h7-8H,1-6H2. The van der Waals surface area contributed by atoms with Crippen molar-refractivity contribution in [1.29, 1.82) is 0 Å². The lowest BCUT2D eigenvalue weighted by Gasteiger charge is -2.18. The maximum atomic E-state index is 11.9. The van der Waals surface area contributed by atoms with Crippen molar-refractivity contribution in [1.82, 2.24) is 4.90 Å². The summed E-state index contributed by atoms with van der Waals surface area (Å²) in [7, 11) is -2.94. The largest absolute Gasteiger partial charge is 0.341 e. The van der Waals surface area contributed by atoms with Crippen LogP contribution in [0.25, 0.3) is 0 Å². The Morgan fingerprint density at radius 3 is 2.53 bits per heavy atom. The summed E-state index contributed by atoms with van der Waals surface area (Å²) in [5.41, 5.74) is 0. The highest BCUT2D eigenvalue weighted by molar-refractivity contribution is 9.09. The topological polar surface area (TPSA) is 54.5 Å². The molecule has 0 aliphatic carbocycles. The van der Waals surface area contributed by atoms with E-state index < -0.39 is 9.84 Å². The summed E-state index contributed by atoms with van der Waals surface area (Å²) in [5.74, 6) is -0.0320. The van der Waals surface area contributed by atoms with Crippen molar-refractivity contribution >= 4 is 31.7 Å². The Kier molecular flexibility index (Phi) is 3.07. The van der Waals surface area contributed by atoms with Gasteiger partial charge in [-0.05, 0) is 12.8 Å². The zero-order chi connectivity index (χ0) is 11.1. The van der Waals surface area contributed by atoms with Crippen molar-refractivity contribution < 1.29 is 13.2 Å². The van der Waals surface area contributed by atoms with Gasteiger partial charge in [-0.15, -0.1) is 0 Å². The molecule has 1 amide bonds. The number of sulfone groups is 1. The van der Waals surface area contributed by atoms with Gasteiger partial charge in [-0.2, -0.15) is 0 Å². The van der Waals surface area contributed by atoms with Gasteiger partial charge in [-0.25, -0.2) is 8.42 Å². The van der Waals surface area contributed by atoms with E-state index in [4.69, 9.17) is 0 Å². The Balaban J connectivity index is 1.98. The van der Waals surface area contributed by atoms with Crippen LogP contribution in [0.5, 0.6) is 0 Å². The minimum absolute atomic E-state index is 0.0259. The summed E-state index contributed by atoms with van der Waals surface area (Å²) >= 11 is 3.47. The molecule has 0 N–H and O–H groups in total. The second-order valence-corrected chi connectivity index (χ2v) is 7.79. The fraction of sp³-hybridized carbons (Fsp3) is 0.889. The van der Waals surface area contributed by atoms with E-state index in [1.807, 2.05) is 0 Å². The smallest absolute Gasteiger partial charge is 0.226 e. The first kappa shape index (κ1) is 11.4. The van der Waals surface area contributed by atoms with Gasteiger partial charge in [0.15, 0.2) is 9.84 Å². The molecule has 2 heterocycles. The molecule has 0 spiro atoms. The van der Waals surface area contributed by atoms with Crippen LogP contribution in [0.1, 0.15) is 12.8 Å². The summed E-state index contributed by atoms with van der Waals surface area (Å²) in [6.07, 6.45) is 1.47. The normalized spacial score (nSPS) is 34.6. The van der Waals surface area contributed by atoms with E-state index in [0.717, 1.165) is 19.5 Å². The molecule has 0 radical (unpaired) electrons. The molecule has 2 aliphatic heterocycles. The third kappa shape index (κ3) is 2.53. The first-order valence-electron chi connectivity index (χ1n) is 5.11. The molecular weight excluding hydrogens is 282 g/mol. The van der Waals surface area contributed by atoms with E-state index in [1.165, 1.54) is 0 Å². The number of carbonyl (C=O) groups is 1. The molecule has 0 saturated carbocycles. The van der Waals surface area contributed by atoms with E-state index in [9.17, 15) is 13.2 Å². The Bertz CT molecular complexity index is 368. The van der Waals surface area contributed by atoms with Crippen LogP contribution in [-0.4, -0.2) is 48.6 Å². The monoisotopic (exact) mass is 295 g/mol. The Hall–Kier alpha value is -0.100. The zero-order valence-electron chi connectivity index (χ0n) is 8.36. The molecule has 2 aliphatic rings. The molecule has 0 aromatic carbocycles. The number of nitrogens with zero attached hydrogens (tertiary/aromatic N) is 1. The molecule has 0 aromatic heterocycles. The molecule has 15 heavy (non-hydrogen) atoms. The number of hydrogen-bond acceptors (Lipinski definition) is 3. The van der Waals surface area contributed by atoms with Gasteiger partial charge in [-0.3, -0.25) is 4.79 Å². The Labute approximate surface area is 98.1 Å². The quantitative estimate of drug-likeness (QED) is 0.659. The molecule has 4 nitrogen and oxygen atoms in total. The number of rotatable bonds is 1. The summed E-state index contributed by atoms with van der Waals surface area (Å²) in [5, 5.41) is 0. The van der Waals surface area contributed by atoms with Crippen molar-refractivity contribution in [2.75, 3.05) is 24.6 Å². The van der Waals surface area contributed by atoms with Gasteiger partial charge in [0.05, 0.1) is 17.4 Å². The minimum atomic E-state index is -2.94. The van der Waals surface area contributed by atoms with Crippen LogP contribution in [0.4, 0.5) is 0 Å². The molecule has 0 bridgehead atoms. The predicted octanol–water partition coefficient (Wildman–Crippen LogP) is 0.417. The van der Waals surface area contributed by atoms with Gasteiger partial charge in [0.1, 0.15) is 0 Å². The summed E-state index contributed by atoms with van der Waals surface area (Å²) < 4.78 is 22.5. The average molecular weight is 296 g/mol. The molecule has 86 valence electrons. The highest BCUT2D eigenvalue weighted by Crippen LogP contribution is 2.24. The van der Waals surface area contributed by atoms with Gasteiger partial charge in [0.2, 0.25) is 5.91 Å². The number of halogens is 1. The summed E-state index contributed by atoms with van der Waals surface area (Å²) in [6.45, 7) is 1.47. The Morgan fingerprint density at radius 2 is 2.07 bits per heavy atom.